The van der Waals surface area contributed by atoms with Crippen LogP contribution < -0.4 is 0 Å². The van der Waals surface area contributed by atoms with Crippen molar-refractivity contribution in [2.45, 2.75) is 89.4 Å². The Hall–Kier alpha value is -1.56. The van der Waals surface area contributed by atoms with E-state index in [4.69, 9.17) is 14.2 Å². The molecule has 5 aliphatic rings. The van der Waals surface area contributed by atoms with Crippen molar-refractivity contribution in [1.82, 2.24) is 0 Å². The van der Waals surface area contributed by atoms with E-state index in [0.717, 1.165) is 5.57 Å². The fraction of sp³-hybridized carbons (Fsp3) is 0.840. The van der Waals surface area contributed by atoms with Gasteiger partial charge in [-0.1, -0.05) is 32.4 Å². The highest BCUT2D eigenvalue weighted by atomic mass is 16.7. The molecule has 0 aromatic rings. The van der Waals surface area contributed by atoms with Crippen LogP contribution in [0.4, 0.5) is 0 Å². The molecule has 2 bridgehead atoms. The standard InChI is InChI=1S/C25H36O10/c1-6-22(4,31)21(30)35-16-15-11(3)17(27)25(32)20-23(5)12(10(2)7-13(26)18(23)28)8-14(34-19(16)29)24(15,20)9-33-25/h7,11-18,20,26-28,31-32H,6,8-9H2,1-5H3/t11-,12-,13+,14+,15-,16-,17-,18+,20-,22+,23+,24-,25+/m0/s1. The smallest absolute Gasteiger partial charge is 0.348 e. The summed E-state index contributed by atoms with van der Waals surface area (Å²) in [7, 11) is 0. The topological polar surface area (TPSA) is 163 Å². The van der Waals surface area contributed by atoms with Gasteiger partial charge in [0.25, 0.3) is 0 Å². The van der Waals surface area contributed by atoms with Gasteiger partial charge in [0.2, 0.25) is 6.10 Å². The molecular formula is C25H36O10. The van der Waals surface area contributed by atoms with Crippen LogP contribution in [0.5, 0.6) is 0 Å². The number of hydrogen-bond donors (Lipinski definition) is 5. The van der Waals surface area contributed by atoms with Gasteiger partial charge in [-0.25, -0.2) is 9.59 Å². The molecule has 35 heavy (non-hydrogen) atoms. The third kappa shape index (κ3) is 2.86. The summed E-state index contributed by atoms with van der Waals surface area (Å²) in [6.45, 7) is 8.06. The Balaban J connectivity index is 1.68. The Morgan fingerprint density at radius 3 is 2.57 bits per heavy atom. The Bertz CT molecular complexity index is 977. The van der Waals surface area contributed by atoms with E-state index < -0.39 is 82.4 Å². The van der Waals surface area contributed by atoms with Crippen LogP contribution in [0.3, 0.4) is 0 Å². The molecule has 3 aliphatic carbocycles. The lowest BCUT2D eigenvalue weighted by Gasteiger charge is -2.68. The molecule has 10 nitrogen and oxygen atoms in total. The average Bonchev–Trinajstić information content (AvgIpc) is 3.08. The van der Waals surface area contributed by atoms with Crippen molar-refractivity contribution in [2.75, 3.05) is 6.61 Å². The lowest BCUT2D eigenvalue weighted by atomic mass is 9.38. The van der Waals surface area contributed by atoms with E-state index >= 15 is 0 Å². The number of carbonyl (C=O) groups excluding carboxylic acids is 2. The number of allylic oxidation sites excluding steroid dienone is 1. The largest absolute Gasteiger partial charge is 0.459 e. The predicted molar refractivity (Wildman–Crippen MR) is 118 cm³/mol. The zero-order valence-electron chi connectivity index (χ0n) is 20.7. The lowest BCUT2D eigenvalue weighted by molar-refractivity contribution is -0.345. The zero-order chi connectivity index (χ0) is 25.9. The van der Waals surface area contributed by atoms with Crippen LogP contribution in [-0.2, 0) is 23.8 Å². The van der Waals surface area contributed by atoms with Gasteiger partial charge in [0, 0.05) is 22.7 Å². The Morgan fingerprint density at radius 1 is 1.29 bits per heavy atom. The van der Waals surface area contributed by atoms with E-state index in [9.17, 15) is 35.1 Å². The van der Waals surface area contributed by atoms with Crippen molar-refractivity contribution in [2.24, 2.45) is 34.5 Å². The van der Waals surface area contributed by atoms with Gasteiger partial charge in [-0.3, -0.25) is 0 Å². The van der Waals surface area contributed by atoms with Crippen molar-refractivity contribution >= 4 is 11.9 Å². The molecule has 0 aromatic carbocycles. The third-order valence-corrected chi connectivity index (χ3v) is 10.2. The van der Waals surface area contributed by atoms with Gasteiger partial charge in [0.05, 0.1) is 18.8 Å². The Kier molecular flexibility index (Phi) is 5.37. The number of carbonyl (C=O) groups is 2. The van der Waals surface area contributed by atoms with Gasteiger partial charge in [-0.15, -0.1) is 0 Å². The van der Waals surface area contributed by atoms with Crippen LogP contribution in [0.25, 0.3) is 0 Å². The molecule has 5 rings (SSSR count). The number of fused-ring (bicyclic) bond motifs is 1. The number of rotatable bonds is 3. The first-order valence-electron chi connectivity index (χ1n) is 12.4. The number of aliphatic hydroxyl groups is 5. The highest BCUT2D eigenvalue weighted by Gasteiger charge is 2.83. The van der Waals surface area contributed by atoms with E-state index in [1.54, 1.807) is 26.8 Å². The van der Waals surface area contributed by atoms with Crippen LogP contribution in [0.15, 0.2) is 11.6 Å². The monoisotopic (exact) mass is 496 g/mol. The lowest BCUT2D eigenvalue weighted by Crippen LogP contribution is -2.78. The minimum atomic E-state index is -2.08. The number of ether oxygens (including phenoxy) is 3. The first-order valence-corrected chi connectivity index (χ1v) is 12.4. The summed E-state index contributed by atoms with van der Waals surface area (Å²) in [6.07, 6.45) is -4.18. The molecule has 2 saturated carbocycles. The van der Waals surface area contributed by atoms with Crippen LogP contribution in [0.2, 0.25) is 0 Å². The second-order valence-electron chi connectivity index (χ2n) is 11.8. The summed E-state index contributed by atoms with van der Waals surface area (Å²) in [5.41, 5.74) is -3.29. The first kappa shape index (κ1) is 25.1. The summed E-state index contributed by atoms with van der Waals surface area (Å²) >= 11 is 0. The van der Waals surface area contributed by atoms with Crippen molar-refractivity contribution in [3.8, 4) is 0 Å². The second-order valence-corrected chi connectivity index (χ2v) is 11.8. The van der Waals surface area contributed by atoms with E-state index in [1.165, 1.54) is 6.92 Å². The minimum absolute atomic E-state index is 0.0607. The molecule has 13 atom stereocenters. The predicted octanol–water partition coefficient (Wildman–Crippen LogP) is -0.359. The normalized spacial score (nSPS) is 54.1. The van der Waals surface area contributed by atoms with Crippen LogP contribution in [0.1, 0.15) is 47.5 Å². The van der Waals surface area contributed by atoms with Crippen molar-refractivity contribution in [3.63, 3.8) is 0 Å². The average molecular weight is 497 g/mol. The van der Waals surface area contributed by atoms with Gasteiger partial charge >= 0.3 is 11.9 Å². The van der Waals surface area contributed by atoms with Crippen LogP contribution >= 0.6 is 0 Å². The highest BCUT2D eigenvalue weighted by molar-refractivity contribution is 5.84. The molecule has 2 heterocycles. The maximum atomic E-state index is 13.3. The van der Waals surface area contributed by atoms with E-state index in [0.29, 0.717) is 6.42 Å². The maximum absolute atomic E-state index is 13.3. The fourth-order valence-corrected chi connectivity index (χ4v) is 8.28. The Labute approximate surface area is 203 Å². The Morgan fingerprint density at radius 2 is 1.94 bits per heavy atom. The zero-order valence-corrected chi connectivity index (χ0v) is 20.7. The van der Waals surface area contributed by atoms with Gasteiger partial charge in [0.1, 0.15) is 12.2 Å². The summed E-state index contributed by atoms with van der Waals surface area (Å²) in [5.74, 6) is -6.72. The number of hydrogen-bond acceptors (Lipinski definition) is 10. The molecule has 0 unspecified atom stereocenters. The molecular weight excluding hydrogens is 460 g/mol. The van der Waals surface area contributed by atoms with E-state index in [-0.39, 0.29) is 18.9 Å². The van der Waals surface area contributed by atoms with Crippen molar-refractivity contribution < 1.29 is 49.3 Å². The first-order chi connectivity index (χ1) is 16.2. The van der Waals surface area contributed by atoms with Crippen LogP contribution in [-0.4, -0.2) is 86.0 Å². The number of aliphatic hydroxyl groups excluding tert-OH is 3. The van der Waals surface area contributed by atoms with E-state index in [2.05, 4.69) is 0 Å². The molecule has 10 heteroatoms. The molecule has 4 fully saturated rings. The fourth-order valence-electron chi connectivity index (χ4n) is 8.28. The van der Waals surface area contributed by atoms with Crippen molar-refractivity contribution in [1.29, 1.82) is 0 Å². The quantitative estimate of drug-likeness (QED) is 0.258. The molecule has 1 spiro atoms. The molecule has 0 radical (unpaired) electrons. The molecule has 0 aromatic heterocycles. The minimum Gasteiger partial charge on any atom is -0.459 e. The van der Waals surface area contributed by atoms with Gasteiger partial charge in [-0.2, -0.15) is 0 Å². The van der Waals surface area contributed by atoms with Gasteiger partial charge in [0.15, 0.2) is 11.4 Å². The SMILES string of the molecule is CC[C@@](C)(O)C(=O)O[C@@H]1C(=O)O[C@@H]2C[C@H]3C(C)=C[C@@H](O)[C@@H](O)[C@]3(C)[C@@H]3[C@]4(O)OC[C@@]23[C@H]1[C@H](C)[C@@H]4O. The summed E-state index contributed by atoms with van der Waals surface area (Å²) in [4.78, 5) is 26.1. The van der Waals surface area contributed by atoms with Crippen LogP contribution in [0, 0.1) is 34.5 Å². The summed E-state index contributed by atoms with van der Waals surface area (Å²) in [6, 6.07) is 0. The summed E-state index contributed by atoms with van der Waals surface area (Å²) in [5, 5.41) is 55.6. The van der Waals surface area contributed by atoms with Gasteiger partial charge in [-0.05, 0) is 38.5 Å². The molecule has 2 aliphatic heterocycles. The molecule has 196 valence electrons. The maximum Gasteiger partial charge on any atom is 0.348 e. The van der Waals surface area contributed by atoms with Gasteiger partial charge < -0.3 is 39.7 Å². The van der Waals surface area contributed by atoms with Crippen molar-refractivity contribution in [3.05, 3.63) is 11.6 Å². The third-order valence-electron chi connectivity index (χ3n) is 10.2. The summed E-state index contributed by atoms with van der Waals surface area (Å²) < 4.78 is 17.4. The molecule has 5 N–H and O–H groups in total. The van der Waals surface area contributed by atoms with E-state index in [1.807, 2.05) is 6.92 Å². The second kappa shape index (κ2) is 7.49. The number of esters is 2. The highest BCUT2D eigenvalue weighted by Crippen LogP contribution is 2.74. The molecule has 2 saturated heterocycles. The molecule has 0 amide bonds.